The van der Waals surface area contributed by atoms with Crippen LogP contribution in [0.5, 0.6) is 5.75 Å². The van der Waals surface area contributed by atoms with E-state index in [1.807, 2.05) is 18.2 Å². The Morgan fingerprint density at radius 1 is 1.53 bits per heavy atom. The smallest absolute Gasteiger partial charge is 0.162 e. The molecule has 0 aliphatic heterocycles. The Kier molecular flexibility index (Phi) is 4.09. The Morgan fingerprint density at radius 3 is 2.73 bits per heavy atom. The maximum Gasteiger partial charge on any atom is 0.162 e. The van der Waals surface area contributed by atoms with Crippen LogP contribution < -0.4 is 4.74 Å². The first-order chi connectivity index (χ1) is 7.04. The quantitative estimate of drug-likeness (QED) is 0.785. The van der Waals surface area contributed by atoms with Gasteiger partial charge in [0.1, 0.15) is 5.75 Å². The van der Waals surface area contributed by atoms with Gasteiger partial charge in [0, 0.05) is 10.9 Å². The van der Waals surface area contributed by atoms with Gasteiger partial charge in [-0.15, -0.1) is 0 Å². The second-order valence-corrected chi connectivity index (χ2v) is 4.19. The molecule has 0 heterocycles. The third kappa shape index (κ3) is 3.20. The van der Waals surface area contributed by atoms with E-state index in [-0.39, 0.29) is 5.78 Å². The van der Waals surface area contributed by atoms with E-state index < -0.39 is 0 Å². The number of hydrogen-bond donors (Lipinski definition) is 0. The molecule has 0 bridgehead atoms. The van der Waals surface area contributed by atoms with E-state index in [1.54, 1.807) is 14.0 Å². The molecule has 1 aromatic rings. The van der Waals surface area contributed by atoms with Crippen molar-refractivity contribution in [1.82, 2.24) is 0 Å². The number of carbonyl (C=O) groups excluding carboxylic acids is 1. The number of hydrogen-bond acceptors (Lipinski definition) is 2. The number of Topliss-reactive ketones (excluding diaryl/α,β-unsaturated/α-hetero) is 1. The van der Waals surface area contributed by atoms with Crippen molar-refractivity contribution < 1.29 is 9.53 Å². The highest BCUT2D eigenvalue weighted by molar-refractivity contribution is 9.10. The summed E-state index contributed by atoms with van der Waals surface area (Å²) in [4.78, 5) is 11.5. The number of methoxy groups -OCH3 is 1. The highest BCUT2D eigenvalue weighted by atomic mass is 79.9. The number of carbonyl (C=O) groups is 1. The number of ether oxygens (including phenoxy) is 1. The minimum absolute atomic E-state index is 0.0453. The van der Waals surface area contributed by atoms with E-state index in [0.717, 1.165) is 15.8 Å². The van der Waals surface area contributed by atoms with Crippen LogP contribution in [0.4, 0.5) is 0 Å². The van der Waals surface area contributed by atoms with Gasteiger partial charge in [-0.3, -0.25) is 4.79 Å². The van der Waals surface area contributed by atoms with Gasteiger partial charge in [0.05, 0.1) is 7.11 Å². The fraction of sp³-hybridized carbons (Fsp3) is 0.250. The summed E-state index contributed by atoms with van der Waals surface area (Å²) >= 11 is 3.40. The molecule has 0 unspecified atom stereocenters. The van der Waals surface area contributed by atoms with Gasteiger partial charge in [0.2, 0.25) is 0 Å². The zero-order chi connectivity index (χ0) is 11.4. The van der Waals surface area contributed by atoms with E-state index >= 15 is 0 Å². The van der Waals surface area contributed by atoms with Crippen LogP contribution in [0.1, 0.15) is 12.5 Å². The van der Waals surface area contributed by atoms with Gasteiger partial charge in [-0.1, -0.05) is 22.5 Å². The van der Waals surface area contributed by atoms with E-state index in [2.05, 4.69) is 22.5 Å². The van der Waals surface area contributed by atoms with E-state index in [0.29, 0.717) is 12.0 Å². The molecule has 15 heavy (non-hydrogen) atoms. The normalized spacial score (nSPS) is 9.80. The number of rotatable bonds is 4. The lowest BCUT2D eigenvalue weighted by Gasteiger charge is -2.06. The summed E-state index contributed by atoms with van der Waals surface area (Å²) < 4.78 is 6.01. The molecule has 80 valence electrons. The van der Waals surface area contributed by atoms with Crippen LogP contribution in [-0.2, 0) is 11.2 Å². The fourth-order valence-electron chi connectivity index (χ4n) is 1.14. The molecule has 0 saturated heterocycles. The molecule has 0 amide bonds. The van der Waals surface area contributed by atoms with Crippen LogP contribution in [0.15, 0.2) is 34.8 Å². The molecule has 0 saturated carbocycles. The second-order valence-electron chi connectivity index (χ2n) is 3.34. The molecule has 0 atom stereocenters. The average molecular weight is 269 g/mol. The Balaban J connectivity index is 2.93. The predicted octanol–water partition coefficient (Wildman–Crippen LogP) is 3.15. The highest BCUT2D eigenvalue weighted by Gasteiger charge is 2.08. The molecule has 0 spiro atoms. The standard InChI is InChI=1S/C12H13BrO2/c1-8(2)12(14)7-9-6-10(15-3)4-5-11(9)13/h4-6H,1,7H2,2-3H3. The van der Waals surface area contributed by atoms with Crippen LogP contribution in [0.2, 0.25) is 0 Å². The van der Waals surface area contributed by atoms with Crippen LogP contribution in [0.3, 0.4) is 0 Å². The summed E-state index contributed by atoms with van der Waals surface area (Å²) in [5.74, 6) is 0.798. The molecule has 0 aromatic heterocycles. The van der Waals surface area contributed by atoms with Crippen molar-refractivity contribution in [2.45, 2.75) is 13.3 Å². The van der Waals surface area contributed by atoms with Gasteiger partial charge in [-0.25, -0.2) is 0 Å². The van der Waals surface area contributed by atoms with Crippen molar-refractivity contribution in [3.05, 3.63) is 40.4 Å². The van der Waals surface area contributed by atoms with Crippen molar-refractivity contribution in [1.29, 1.82) is 0 Å². The number of benzene rings is 1. The predicted molar refractivity (Wildman–Crippen MR) is 64.2 cm³/mol. The van der Waals surface area contributed by atoms with Crippen molar-refractivity contribution >= 4 is 21.7 Å². The van der Waals surface area contributed by atoms with Crippen molar-refractivity contribution in [3.63, 3.8) is 0 Å². The summed E-state index contributed by atoms with van der Waals surface area (Å²) in [6.45, 7) is 5.35. The topological polar surface area (TPSA) is 26.3 Å². The number of allylic oxidation sites excluding steroid dienone is 1. The maximum absolute atomic E-state index is 11.5. The van der Waals surface area contributed by atoms with Gasteiger partial charge in [0.25, 0.3) is 0 Å². The van der Waals surface area contributed by atoms with Gasteiger partial charge in [0.15, 0.2) is 5.78 Å². The first-order valence-electron chi connectivity index (χ1n) is 4.55. The lowest BCUT2D eigenvalue weighted by molar-refractivity contribution is -0.114. The second kappa shape index (κ2) is 5.12. The maximum atomic E-state index is 11.5. The number of ketones is 1. The molecule has 0 fully saturated rings. The molecule has 0 N–H and O–H groups in total. The fourth-order valence-corrected chi connectivity index (χ4v) is 1.52. The van der Waals surface area contributed by atoms with Gasteiger partial charge in [-0.05, 0) is 36.3 Å². The Bertz CT molecular complexity index is 397. The zero-order valence-electron chi connectivity index (χ0n) is 8.84. The van der Waals surface area contributed by atoms with Crippen molar-refractivity contribution in [3.8, 4) is 5.75 Å². The van der Waals surface area contributed by atoms with Crippen LogP contribution in [0.25, 0.3) is 0 Å². The van der Waals surface area contributed by atoms with Gasteiger partial charge in [-0.2, -0.15) is 0 Å². The zero-order valence-corrected chi connectivity index (χ0v) is 10.4. The van der Waals surface area contributed by atoms with E-state index in [9.17, 15) is 4.79 Å². The monoisotopic (exact) mass is 268 g/mol. The summed E-state index contributed by atoms with van der Waals surface area (Å²) in [6.07, 6.45) is 0.354. The first kappa shape index (κ1) is 12.0. The molecule has 1 aromatic carbocycles. The van der Waals surface area contributed by atoms with E-state index in [1.165, 1.54) is 0 Å². The largest absolute Gasteiger partial charge is 0.497 e. The van der Waals surface area contributed by atoms with Gasteiger partial charge < -0.3 is 4.74 Å². The Hall–Kier alpha value is -1.09. The van der Waals surface area contributed by atoms with Crippen molar-refractivity contribution in [2.24, 2.45) is 0 Å². The summed E-state index contributed by atoms with van der Waals surface area (Å²) in [5.41, 5.74) is 1.49. The Labute approximate surface area is 98.1 Å². The lowest BCUT2D eigenvalue weighted by Crippen LogP contribution is -2.03. The average Bonchev–Trinajstić information content (AvgIpc) is 2.21. The third-order valence-corrected chi connectivity index (χ3v) is 2.85. The molecule has 1 rings (SSSR count). The summed E-state index contributed by atoms with van der Waals surface area (Å²) in [5, 5.41) is 0. The minimum atomic E-state index is 0.0453. The van der Waals surface area contributed by atoms with Crippen LogP contribution in [-0.4, -0.2) is 12.9 Å². The Morgan fingerprint density at radius 2 is 2.20 bits per heavy atom. The van der Waals surface area contributed by atoms with Crippen molar-refractivity contribution in [2.75, 3.05) is 7.11 Å². The van der Waals surface area contributed by atoms with E-state index in [4.69, 9.17) is 4.74 Å². The number of halogens is 1. The summed E-state index contributed by atoms with van der Waals surface area (Å²) in [6, 6.07) is 5.57. The minimum Gasteiger partial charge on any atom is -0.497 e. The molecule has 0 radical (unpaired) electrons. The molecular formula is C12H13BrO2. The first-order valence-corrected chi connectivity index (χ1v) is 5.35. The molecular weight excluding hydrogens is 256 g/mol. The summed E-state index contributed by atoms with van der Waals surface area (Å²) in [7, 11) is 1.60. The SMILES string of the molecule is C=C(C)C(=O)Cc1cc(OC)ccc1Br. The van der Waals surface area contributed by atoms with Gasteiger partial charge >= 0.3 is 0 Å². The third-order valence-electron chi connectivity index (χ3n) is 2.08. The van der Waals surface area contributed by atoms with Crippen LogP contribution >= 0.6 is 15.9 Å². The van der Waals surface area contributed by atoms with Crippen LogP contribution in [0, 0.1) is 0 Å². The molecule has 3 heteroatoms. The highest BCUT2D eigenvalue weighted by Crippen LogP contribution is 2.23. The molecule has 2 nitrogen and oxygen atoms in total. The lowest BCUT2D eigenvalue weighted by atomic mass is 10.1. The molecule has 0 aliphatic rings. The molecule has 0 aliphatic carbocycles.